The molecule has 14 heavy (non-hydrogen) atoms. The molecule has 5 nitrogen and oxygen atoms in total. The lowest BCUT2D eigenvalue weighted by atomic mass is 10.4. The number of fused-ring (bicyclic) bond motifs is 1. The van der Waals surface area contributed by atoms with Crippen molar-refractivity contribution in [2.45, 2.75) is 0 Å². The van der Waals surface area contributed by atoms with E-state index in [1.165, 1.54) is 11.5 Å². The summed E-state index contributed by atoms with van der Waals surface area (Å²) in [6, 6.07) is 4.39. The van der Waals surface area contributed by atoms with Crippen LogP contribution in [0.1, 0.15) is 0 Å². The van der Waals surface area contributed by atoms with E-state index in [0.717, 1.165) is 6.07 Å². The molecule has 0 aliphatic rings. The Kier molecular flexibility index (Phi) is 1.85. The molecular formula is C9H8N2O3. The molecule has 0 aliphatic carbocycles. The van der Waals surface area contributed by atoms with Crippen LogP contribution in [0.4, 0.5) is 0 Å². The number of aromatic hydroxyl groups is 1. The maximum Gasteiger partial charge on any atom is 0.261 e. The first-order chi connectivity index (χ1) is 6.72. The molecule has 0 fully saturated rings. The van der Waals surface area contributed by atoms with Crippen molar-refractivity contribution in [2.75, 3.05) is 7.11 Å². The Morgan fingerprint density at radius 1 is 1.57 bits per heavy atom. The molecule has 0 amide bonds. The van der Waals surface area contributed by atoms with Crippen molar-refractivity contribution in [2.24, 2.45) is 0 Å². The molecule has 0 unspecified atom stereocenters. The van der Waals surface area contributed by atoms with Gasteiger partial charge in [-0.05, 0) is 12.1 Å². The summed E-state index contributed by atoms with van der Waals surface area (Å²) in [5, 5.41) is 9.15. The average Bonchev–Trinajstić information content (AvgIpc) is 2.17. The number of pyridine rings is 1. The Balaban J connectivity index is 2.94. The van der Waals surface area contributed by atoms with Gasteiger partial charge in [0.05, 0.1) is 13.2 Å². The van der Waals surface area contributed by atoms with E-state index in [1.807, 2.05) is 0 Å². The second-order valence-corrected chi connectivity index (χ2v) is 2.72. The van der Waals surface area contributed by atoms with Gasteiger partial charge in [0.15, 0.2) is 11.4 Å². The number of ether oxygens (including phenoxy) is 1. The number of rotatable bonds is 1. The Morgan fingerprint density at radius 3 is 3.07 bits per heavy atom. The summed E-state index contributed by atoms with van der Waals surface area (Å²) < 4.78 is 6.31. The zero-order valence-electron chi connectivity index (χ0n) is 7.47. The minimum atomic E-state index is -0.341. The summed E-state index contributed by atoms with van der Waals surface area (Å²) in [5.41, 5.74) is -0.0357. The smallest absolute Gasteiger partial charge is 0.261 e. The summed E-state index contributed by atoms with van der Waals surface area (Å²) in [7, 11) is 1.48. The van der Waals surface area contributed by atoms with Crippen LogP contribution in [0.15, 0.2) is 29.2 Å². The lowest BCUT2D eigenvalue weighted by Gasteiger charge is -2.04. The maximum atomic E-state index is 11.4. The fourth-order valence-electron chi connectivity index (χ4n) is 1.25. The lowest BCUT2D eigenvalue weighted by Crippen LogP contribution is -2.13. The van der Waals surface area contributed by atoms with Gasteiger partial charge < -0.3 is 9.84 Å². The predicted octanol–water partition coefficient (Wildman–Crippen LogP) is 0.409. The fourth-order valence-corrected chi connectivity index (χ4v) is 1.25. The quantitative estimate of drug-likeness (QED) is 0.710. The summed E-state index contributed by atoms with van der Waals surface area (Å²) in [5.74, 6) is 0.139. The molecule has 0 saturated heterocycles. The van der Waals surface area contributed by atoms with E-state index < -0.39 is 0 Å². The molecule has 0 spiro atoms. The first-order valence-corrected chi connectivity index (χ1v) is 3.98. The standard InChI is InChI=1S/C9H8N2O3/c1-14-6-3-2-4-11-8(13)5-7(12)10-9(6)11/h2-5,12H,1H3. The monoisotopic (exact) mass is 192 g/mol. The van der Waals surface area contributed by atoms with Gasteiger partial charge in [-0.25, -0.2) is 0 Å². The van der Waals surface area contributed by atoms with Crippen LogP contribution in [0, 0.1) is 0 Å². The minimum Gasteiger partial charge on any atom is -0.493 e. The third-order valence-corrected chi connectivity index (χ3v) is 1.86. The Labute approximate surface area is 79.2 Å². The van der Waals surface area contributed by atoms with Crippen molar-refractivity contribution in [3.05, 3.63) is 34.7 Å². The second-order valence-electron chi connectivity index (χ2n) is 2.72. The molecule has 2 rings (SSSR count). The normalized spacial score (nSPS) is 10.4. The highest BCUT2D eigenvalue weighted by molar-refractivity contribution is 5.53. The molecule has 1 N–H and O–H groups in total. The molecular weight excluding hydrogens is 184 g/mol. The van der Waals surface area contributed by atoms with E-state index in [9.17, 15) is 4.79 Å². The molecule has 2 heterocycles. The highest BCUT2D eigenvalue weighted by Crippen LogP contribution is 2.16. The molecule has 0 aromatic carbocycles. The van der Waals surface area contributed by atoms with Crippen molar-refractivity contribution in [1.29, 1.82) is 0 Å². The molecule has 2 aromatic heterocycles. The van der Waals surface area contributed by atoms with Gasteiger partial charge in [0.2, 0.25) is 5.88 Å². The summed E-state index contributed by atoms with van der Waals surface area (Å²) in [6.07, 6.45) is 1.56. The van der Waals surface area contributed by atoms with Gasteiger partial charge in [0.25, 0.3) is 5.56 Å². The van der Waals surface area contributed by atoms with Gasteiger partial charge >= 0.3 is 0 Å². The van der Waals surface area contributed by atoms with Crippen LogP contribution < -0.4 is 10.3 Å². The van der Waals surface area contributed by atoms with Crippen LogP contribution in [0.25, 0.3) is 5.65 Å². The van der Waals surface area contributed by atoms with Gasteiger partial charge in [-0.3, -0.25) is 9.20 Å². The molecule has 0 saturated carbocycles. The number of aromatic nitrogens is 2. The molecule has 0 bridgehead atoms. The molecule has 0 radical (unpaired) electrons. The van der Waals surface area contributed by atoms with Gasteiger partial charge in [-0.1, -0.05) is 0 Å². The number of hydrogen-bond donors (Lipinski definition) is 1. The van der Waals surface area contributed by atoms with Gasteiger partial charge in [-0.15, -0.1) is 0 Å². The second kappa shape index (κ2) is 3.02. The maximum absolute atomic E-state index is 11.4. The van der Waals surface area contributed by atoms with E-state index in [-0.39, 0.29) is 11.4 Å². The van der Waals surface area contributed by atoms with E-state index in [0.29, 0.717) is 11.4 Å². The van der Waals surface area contributed by atoms with Crippen LogP contribution in [-0.4, -0.2) is 21.6 Å². The van der Waals surface area contributed by atoms with Gasteiger partial charge in [0, 0.05) is 6.20 Å². The van der Waals surface area contributed by atoms with E-state index in [1.54, 1.807) is 18.3 Å². The van der Waals surface area contributed by atoms with Crippen molar-refractivity contribution < 1.29 is 9.84 Å². The molecule has 5 heteroatoms. The molecule has 0 atom stereocenters. The minimum absolute atomic E-state index is 0.306. The highest BCUT2D eigenvalue weighted by atomic mass is 16.5. The van der Waals surface area contributed by atoms with Gasteiger partial charge in [-0.2, -0.15) is 4.98 Å². The SMILES string of the molecule is COc1cccn2c(=O)cc(O)nc12. The first kappa shape index (κ1) is 8.55. The van der Waals surface area contributed by atoms with Crippen LogP contribution >= 0.6 is 0 Å². The van der Waals surface area contributed by atoms with Crippen molar-refractivity contribution in [3.63, 3.8) is 0 Å². The van der Waals surface area contributed by atoms with E-state index >= 15 is 0 Å². The highest BCUT2D eigenvalue weighted by Gasteiger charge is 2.05. The number of nitrogens with zero attached hydrogens (tertiary/aromatic N) is 2. The van der Waals surface area contributed by atoms with Gasteiger partial charge in [0.1, 0.15) is 0 Å². The summed E-state index contributed by atoms with van der Waals surface area (Å²) in [6.45, 7) is 0. The number of methoxy groups -OCH3 is 1. The topological polar surface area (TPSA) is 63.8 Å². The summed E-state index contributed by atoms with van der Waals surface area (Å²) >= 11 is 0. The average molecular weight is 192 g/mol. The first-order valence-electron chi connectivity index (χ1n) is 3.98. The van der Waals surface area contributed by atoms with Crippen molar-refractivity contribution >= 4 is 5.65 Å². The van der Waals surface area contributed by atoms with Crippen LogP contribution in [0.2, 0.25) is 0 Å². The zero-order chi connectivity index (χ0) is 10.1. The molecule has 0 aliphatic heterocycles. The van der Waals surface area contributed by atoms with E-state index in [2.05, 4.69) is 4.98 Å². The predicted molar refractivity (Wildman–Crippen MR) is 49.7 cm³/mol. The Morgan fingerprint density at radius 2 is 2.36 bits per heavy atom. The van der Waals surface area contributed by atoms with Crippen LogP contribution in [0.5, 0.6) is 11.6 Å². The van der Waals surface area contributed by atoms with Crippen molar-refractivity contribution in [1.82, 2.24) is 9.38 Å². The largest absolute Gasteiger partial charge is 0.493 e. The third-order valence-electron chi connectivity index (χ3n) is 1.86. The Bertz CT molecular complexity index is 533. The fraction of sp³-hybridized carbons (Fsp3) is 0.111. The van der Waals surface area contributed by atoms with Crippen LogP contribution in [0.3, 0.4) is 0 Å². The third kappa shape index (κ3) is 1.19. The lowest BCUT2D eigenvalue weighted by molar-refractivity contribution is 0.413. The number of hydrogen-bond acceptors (Lipinski definition) is 4. The molecule has 2 aromatic rings. The molecule has 72 valence electrons. The van der Waals surface area contributed by atoms with E-state index in [4.69, 9.17) is 9.84 Å². The Hall–Kier alpha value is -2.04. The zero-order valence-corrected chi connectivity index (χ0v) is 7.47. The van der Waals surface area contributed by atoms with Crippen LogP contribution in [-0.2, 0) is 0 Å². The summed E-state index contributed by atoms with van der Waals surface area (Å²) in [4.78, 5) is 15.2. The van der Waals surface area contributed by atoms with Crippen molar-refractivity contribution in [3.8, 4) is 11.6 Å².